The number of Topliss-reactive ketones (excluding diaryl/α,β-unsaturated/α-hetero) is 1. The maximum Gasteiger partial charge on any atom is 0.427 e. The third-order valence-corrected chi connectivity index (χ3v) is 4.80. The molecule has 0 spiro atoms. The number of hydrogen-bond acceptors (Lipinski definition) is 5. The van der Waals surface area contributed by atoms with Crippen molar-refractivity contribution in [2.24, 2.45) is 5.41 Å². The number of nitrogens with one attached hydrogen (secondary N) is 1. The molecule has 0 saturated heterocycles. The molecular formula is C19H19ClF3NO5. The number of ketones is 1. The summed E-state index contributed by atoms with van der Waals surface area (Å²) in [6, 6.07) is 4.84. The van der Waals surface area contributed by atoms with E-state index in [2.05, 4.69) is 4.74 Å². The number of halogens is 4. The third kappa shape index (κ3) is 4.24. The Kier molecular flexibility index (Phi) is 6.04. The number of amides is 1. The van der Waals surface area contributed by atoms with Gasteiger partial charge < -0.3 is 15.2 Å². The summed E-state index contributed by atoms with van der Waals surface area (Å²) in [5.74, 6) is -5.28. The molecule has 0 radical (unpaired) electrons. The van der Waals surface area contributed by atoms with Gasteiger partial charge in [-0.25, -0.2) is 4.79 Å². The Bertz CT molecular complexity index is 877. The first kappa shape index (κ1) is 22.7. The lowest BCUT2D eigenvalue weighted by Gasteiger charge is -2.39. The SMILES string of the molecule is COC(=O)C(NC(=O)c1ccc(Cl)cc1)(C1=C(O)CC(C)(C)CC1=O)C(F)(F)F. The van der Waals surface area contributed by atoms with Gasteiger partial charge in [-0.3, -0.25) is 9.59 Å². The lowest BCUT2D eigenvalue weighted by Crippen LogP contribution is -2.67. The quantitative estimate of drug-likeness (QED) is 0.705. The number of alkyl halides is 3. The van der Waals surface area contributed by atoms with E-state index in [9.17, 15) is 32.7 Å². The fourth-order valence-corrected chi connectivity index (χ4v) is 3.38. The van der Waals surface area contributed by atoms with E-state index in [0.717, 1.165) is 12.1 Å². The highest BCUT2D eigenvalue weighted by Gasteiger charge is 2.68. The second-order valence-corrected chi connectivity index (χ2v) is 7.90. The minimum atomic E-state index is -5.48. The summed E-state index contributed by atoms with van der Waals surface area (Å²) in [6.45, 7) is 3.16. The summed E-state index contributed by atoms with van der Waals surface area (Å²) < 4.78 is 47.0. The van der Waals surface area contributed by atoms with E-state index in [1.165, 1.54) is 12.1 Å². The molecule has 1 aliphatic carbocycles. The molecule has 1 aliphatic rings. The summed E-state index contributed by atoms with van der Waals surface area (Å²) in [5, 5.41) is 12.2. The molecule has 1 unspecified atom stereocenters. The molecule has 1 atom stereocenters. The number of methoxy groups -OCH3 is 1. The molecule has 1 aromatic carbocycles. The van der Waals surface area contributed by atoms with Crippen molar-refractivity contribution >= 4 is 29.3 Å². The number of benzene rings is 1. The van der Waals surface area contributed by atoms with Gasteiger partial charge in [0.25, 0.3) is 11.4 Å². The van der Waals surface area contributed by atoms with E-state index in [-0.39, 0.29) is 23.4 Å². The van der Waals surface area contributed by atoms with Crippen LogP contribution in [0.4, 0.5) is 13.2 Å². The van der Waals surface area contributed by atoms with Crippen LogP contribution < -0.4 is 5.32 Å². The molecule has 1 amide bonds. The van der Waals surface area contributed by atoms with Crippen LogP contribution in [0.5, 0.6) is 0 Å². The Balaban J connectivity index is 2.69. The fraction of sp³-hybridized carbons (Fsp3) is 0.421. The molecule has 0 bridgehead atoms. The Hall–Kier alpha value is -2.55. The number of rotatable bonds is 4. The Morgan fingerprint density at radius 2 is 1.72 bits per heavy atom. The van der Waals surface area contributed by atoms with Crippen molar-refractivity contribution < 1.29 is 37.4 Å². The lowest BCUT2D eigenvalue weighted by atomic mass is 9.71. The van der Waals surface area contributed by atoms with Gasteiger partial charge in [-0.2, -0.15) is 13.2 Å². The molecule has 158 valence electrons. The van der Waals surface area contributed by atoms with Crippen molar-refractivity contribution in [3.63, 3.8) is 0 Å². The van der Waals surface area contributed by atoms with Crippen LogP contribution >= 0.6 is 11.6 Å². The maximum atomic E-state index is 14.2. The molecule has 1 aromatic rings. The van der Waals surface area contributed by atoms with E-state index in [4.69, 9.17) is 11.6 Å². The number of allylic oxidation sites excluding steroid dienone is 1. The Morgan fingerprint density at radius 1 is 1.17 bits per heavy atom. The van der Waals surface area contributed by atoms with Gasteiger partial charge in [0.1, 0.15) is 5.76 Å². The van der Waals surface area contributed by atoms with Gasteiger partial charge in [0.05, 0.1) is 12.7 Å². The zero-order valence-electron chi connectivity index (χ0n) is 15.8. The van der Waals surface area contributed by atoms with Gasteiger partial charge in [0.15, 0.2) is 5.78 Å². The molecule has 0 heterocycles. The normalized spacial score (nSPS) is 18.8. The van der Waals surface area contributed by atoms with Crippen LogP contribution in [0.3, 0.4) is 0 Å². The molecule has 29 heavy (non-hydrogen) atoms. The van der Waals surface area contributed by atoms with Crippen molar-refractivity contribution in [2.75, 3.05) is 7.11 Å². The van der Waals surface area contributed by atoms with Gasteiger partial charge in [0.2, 0.25) is 0 Å². The number of aliphatic hydroxyl groups is 1. The number of aliphatic hydroxyl groups excluding tert-OH is 1. The van der Waals surface area contributed by atoms with Crippen LogP contribution in [0.25, 0.3) is 0 Å². The maximum absolute atomic E-state index is 14.2. The minimum Gasteiger partial charge on any atom is -0.512 e. The van der Waals surface area contributed by atoms with Crippen LogP contribution in [0.1, 0.15) is 37.0 Å². The van der Waals surface area contributed by atoms with Crippen LogP contribution in [-0.4, -0.2) is 41.6 Å². The first-order valence-corrected chi connectivity index (χ1v) is 8.82. The Morgan fingerprint density at radius 3 is 2.17 bits per heavy atom. The summed E-state index contributed by atoms with van der Waals surface area (Å²) >= 11 is 5.71. The standard InChI is InChI=1S/C19H19ClF3NO5/c1-17(2)8-12(25)14(13(26)9-17)18(16(28)29-3,19(21,22)23)24-15(27)10-4-6-11(20)7-5-10/h4-7,25H,8-9H2,1-3H3,(H,24,27). The first-order valence-electron chi connectivity index (χ1n) is 8.44. The molecule has 2 rings (SSSR count). The third-order valence-electron chi connectivity index (χ3n) is 4.55. The van der Waals surface area contributed by atoms with Crippen molar-refractivity contribution in [3.8, 4) is 0 Å². The number of carbonyl (C=O) groups excluding carboxylic acids is 3. The highest BCUT2D eigenvalue weighted by molar-refractivity contribution is 6.30. The highest BCUT2D eigenvalue weighted by Crippen LogP contribution is 2.45. The number of ether oxygens (including phenoxy) is 1. The van der Waals surface area contributed by atoms with E-state index >= 15 is 0 Å². The van der Waals surface area contributed by atoms with Crippen LogP contribution in [-0.2, 0) is 14.3 Å². The molecule has 0 fully saturated rings. The van der Waals surface area contributed by atoms with Gasteiger partial charge in [-0.1, -0.05) is 25.4 Å². The average Bonchev–Trinajstić information content (AvgIpc) is 2.57. The Labute approximate surface area is 169 Å². The number of hydrogen-bond donors (Lipinski definition) is 2. The molecule has 0 aromatic heterocycles. The number of carbonyl (C=O) groups is 3. The summed E-state index contributed by atoms with van der Waals surface area (Å²) in [4.78, 5) is 37.5. The molecule has 0 saturated carbocycles. The van der Waals surface area contributed by atoms with Gasteiger partial charge >= 0.3 is 12.1 Å². The van der Waals surface area contributed by atoms with Crippen LogP contribution in [0.15, 0.2) is 35.6 Å². The monoisotopic (exact) mass is 433 g/mol. The predicted octanol–water partition coefficient (Wildman–Crippen LogP) is 3.75. The van der Waals surface area contributed by atoms with Gasteiger partial charge in [-0.15, -0.1) is 0 Å². The zero-order valence-corrected chi connectivity index (χ0v) is 16.6. The zero-order chi connectivity index (χ0) is 22.2. The van der Waals surface area contributed by atoms with E-state index in [0.29, 0.717) is 7.11 Å². The van der Waals surface area contributed by atoms with Crippen molar-refractivity contribution in [2.45, 2.75) is 38.4 Å². The van der Waals surface area contributed by atoms with E-state index in [1.54, 1.807) is 19.2 Å². The molecular weight excluding hydrogens is 415 g/mol. The second-order valence-electron chi connectivity index (χ2n) is 7.46. The van der Waals surface area contributed by atoms with E-state index in [1.807, 2.05) is 0 Å². The lowest BCUT2D eigenvalue weighted by molar-refractivity contribution is -0.202. The summed E-state index contributed by atoms with van der Waals surface area (Å²) in [5.41, 5.74) is -6.16. The van der Waals surface area contributed by atoms with Gasteiger partial charge in [0, 0.05) is 23.4 Å². The molecule has 10 heteroatoms. The van der Waals surface area contributed by atoms with Crippen LogP contribution in [0, 0.1) is 5.41 Å². The smallest absolute Gasteiger partial charge is 0.427 e. The largest absolute Gasteiger partial charge is 0.512 e. The summed E-state index contributed by atoms with van der Waals surface area (Å²) in [6.07, 6.45) is -6.14. The fourth-order valence-electron chi connectivity index (χ4n) is 3.25. The average molecular weight is 434 g/mol. The summed E-state index contributed by atoms with van der Waals surface area (Å²) in [7, 11) is 0.687. The van der Waals surface area contributed by atoms with Crippen molar-refractivity contribution in [1.82, 2.24) is 5.32 Å². The molecule has 6 nitrogen and oxygen atoms in total. The van der Waals surface area contributed by atoms with Crippen molar-refractivity contribution in [1.29, 1.82) is 0 Å². The minimum absolute atomic E-state index is 0.238. The van der Waals surface area contributed by atoms with Crippen LogP contribution in [0.2, 0.25) is 5.02 Å². The van der Waals surface area contributed by atoms with Crippen molar-refractivity contribution in [3.05, 3.63) is 46.2 Å². The predicted molar refractivity (Wildman–Crippen MR) is 97.4 cm³/mol. The van der Waals surface area contributed by atoms with Gasteiger partial charge in [-0.05, 0) is 29.7 Å². The molecule has 2 N–H and O–H groups in total. The second kappa shape index (κ2) is 7.70. The topological polar surface area (TPSA) is 92.7 Å². The number of esters is 1. The highest BCUT2D eigenvalue weighted by atomic mass is 35.5. The van der Waals surface area contributed by atoms with E-state index < -0.39 is 46.1 Å². The first-order chi connectivity index (χ1) is 13.2. The molecule has 0 aliphatic heterocycles.